The minimum Gasteiger partial charge on any atom is -0.481 e. The van der Waals surface area contributed by atoms with Gasteiger partial charge in [0, 0.05) is 0 Å². The first kappa shape index (κ1) is 8.90. The van der Waals surface area contributed by atoms with Gasteiger partial charge in [-0.05, 0) is 7.05 Å². The monoisotopic (exact) mass is 147 g/mol. The fraction of sp³-hybridized carbons (Fsp3) is 0.600. The molecule has 0 rings (SSSR count). The van der Waals surface area contributed by atoms with Gasteiger partial charge in [-0.2, -0.15) is 0 Å². The van der Waals surface area contributed by atoms with Crippen LogP contribution < -0.4 is 5.32 Å². The van der Waals surface area contributed by atoms with Crippen molar-refractivity contribution in [1.82, 2.24) is 5.32 Å². The molecule has 5 heteroatoms. The molecule has 0 spiro atoms. The molecule has 0 aliphatic heterocycles. The normalized spacial score (nSPS) is 8.90. The van der Waals surface area contributed by atoms with Crippen LogP contribution in [0.5, 0.6) is 0 Å². The molecule has 0 saturated heterocycles. The van der Waals surface area contributed by atoms with Crippen LogP contribution in [0.2, 0.25) is 0 Å². The second kappa shape index (κ2) is 4.75. The number of carbonyl (C=O) groups excluding carboxylic acids is 1. The molecule has 0 aromatic rings. The van der Waals surface area contributed by atoms with Gasteiger partial charge in [0.05, 0.1) is 0 Å². The standard InChI is InChI=1S/C5H9NO4/c1-6-3-10-5(9)2-4(7)8/h6H,2-3H2,1H3,(H,7,8). The topological polar surface area (TPSA) is 75.6 Å². The lowest BCUT2D eigenvalue weighted by Gasteiger charge is -1.99. The van der Waals surface area contributed by atoms with E-state index in [-0.39, 0.29) is 6.73 Å². The molecule has 0 unspecified atom stereocenters. The SMILES string of the molecule is CNCOC(=O)CC(=O)O. The number of carboxylic acids is 1. The molecule has 0 fully saturated rings. The van der Waals surface area contributed by atoms with Crippen LogP contribution in [0.3, 0.4) is 0 Å². The molecule has 0 aliphatic carbocycles. The minimum atomic E-state index is -1.18. The van der Waals surface area contributed by atoms with E-state index in [9.17, 15) is 9.59 Å². The van der Waals surface area contributed by atoms with E-state index in [2.05, 4.69) is 10.1 Å². The van der Waals surface area contributed by atoms with E-state index in [0.29, 0.717) is 0 Å². The zero-order valence-corrected chi connectivity index (χ0v) is 5.59. The maximum absolute atomic E-state index is 10.4. The van der Waals surface area contributed by atoms with Gasteiger partial charge in [-0.25, -0.2) is 0 Å². The number of hydrogen-bond acceptors (Lipinski definition) is 4. The molecule has 0 aromatic carbocycles. The summed E-state index contributed by atoms with van der Waals surface area (Å²) in [5, 5.41) is 10.6. The van der Waals surface area contributed by atoms with Crippen molar-refractivity contribution < 1.29 is 19.4 Å². The smallest absolute Gasteiger partial charge is 0.318 e. The van der Waals surface area contributed by atoms with E-state index in [1.165, 1.54) is 0 Å². The van der Waals surface area contributed by atoms with Crippen LogP contribution in [-0.2, 0) is 14.3 Å². The van der Waals surface area contributed by atoms with Gasteiger partial charge >= 0.3 is 11.9 Å². The summed E-state index contributed by atoms with van der Waals surface area (Å²) in [7, 11) is 1.59. The maximum Gasteiger partial charge on any atom is 0.318 e. The number of esters is 1. The summed E-state index contributed by atoms with van der Waals surface area (Å²) in [5.41, 5.74) is 0. The zero-order chi connectivity index (χ0) is 7.98. The molecule has 10 heavy (non-hydrogen) atoms. The van der Waals surface area contributed by atoms with Crippen molar-refractivity contribution in [2.45, 2.75) is 6.42 Å². The summed E-state index contributed by atoms with van der Waals surface area (Å²) in [6.07, 6.45) is -0.582. The summed E-state index contributed by atoms with van der Waals surface area (Å²) in [5.74, 6) is -1.91. The molecule has 0 radical (unpaired) electrons. The predicted octanol–water partition coefficient (Wildman–Crippen LogP) is -0.819. The van der Waals surface area contributed by atoms with Gasteiger partial charge in [0.15, 0.2) is 0 Å². The lowest BCUT2D eigenvalue weighted by atomic mass is 10.4. The molecule has 0 amide bonds. The number of hydrogen-bond donors (Lipinski definition) is 2. The average molecular weight is 147 g/mol. The fourth-order valence-corrected chi connectivity index (χ4v) is 0.327. The van der Waals surface area contributed by atoms with E-state index >= 15 is 0 Å². The van der Waals surface area contributed by atoms with E-state index < -0.39 is 18.4 Å². The Morgan fingerprint density at radius 2 is 2.20 bits per heavy atom. The van der Waals surface area contributed by atoms with E-state index in [4.69, 9.17) is 5.11 Å². The van der Waals surface area contributed by atoms with Crippen LogP contribution in [0.4, 0.5) is 0 Å². The molecule has 2 N–H and O–H groups in total. The Hall–Kier alpha value is -1.10. The number of carbonyl (C=O) groups is 2. The van der Waals surface area contributed by atoms with Gasteiger partial charge in [-0.3, -0.25) is 14.9 Å². The number of carboxylic acid groups (broad SMARTS) is 1. The first-order valence-corrected chi connectivity index (χ1v) is 2.69. The van der Waals surface area contributed by atoms with Crippen molar-refractivity contribution >= 4 is 11.9 Å². The Bertz CT molecular complexity index is 134. The summed E-state index contributed by atoms with van der Waals surface area (Å²) >= 11 is 0. The number of aliphatic carboxylic acids is 1. The quantitative estimate of drug-likeness (QED) is 0.309. The Morgan fingerprint density at radius 3 is 2.60 bits per heavy atom. The molecular weight excluding hydrogens is 138 g/mol. The van der Waals surface area contributed by atoms with Gasteiger partial charge in [-0.1, -0.05) is 0 Å². The molecular formula is C5H9NO4. The molecule has 58 valence electrons. The number of ether oxygens (including phenoxy) is 1. The molecule has 0 heterocycles. The van der Waals surface area contributed by atoms with E-state index in [1.807, 2.05) is 0 Å². The van der Waals surface area contributed by atoms with Gasteiger partial charge in [-0.15, -0.1) is 0 Å². The predicted molar refractivity (Wildman–Crippen MR) is 32.3 cm³/mol. The third-order valence-corrected chi connectivity index (χ3v) is 0.673. The molecule has 0 aromatic heterocycles. The highest BCUT2D eigenvalue weighted by Gasteiger charge is 2.06. The second-order valence-corrected chi connectivity index (χ2v) is 1.58. The maximum atomic E-state index is 10.4. The highest BCUT2D eigenvalue weighted by atomic mass is 16.5. The van der Waals surface area contributed by atoms with Crippen LogP contribution in [0.25, 0.3) is 0 Å². The summed E-state index contributed by atoms with van der Waals surface area (Å²) in [4.78, 5) is 20.2. The number of nitrogens with one attached hydrogen (secondary N) is 1. The average Bonchev–Trinajstić information content (AvgIpc) is 1.82. The zero-order valence-electron chi connectivity index (χ0n) is 5.59. The van der Waals surface area contributed by atoms with Crippen molar-refractivity contribution in [2.75, 3.05) is 13.8 Å². The van der Waals surface area contributed by atoms with Gasteiger partial charge in [0.1, 0.15) is 13.2 Å². The van der Waals surface area contributed by atoms with Crippen LogP contribution in [0.1, 0.15) is 6.42 Å². The summed E-state index contributed by atoms with van der Waals surface area (Å²) < 4.78 is 4.37. The van der Waals surface area contributed by atoms with Crippen LogP contribution in [0.15, 0.2) is 0 Å². The molecule has 0 aliphatic rings. The van der Waals surface area contributed by atoms with Gasteiger partial charge < -0.3 is 9.84 Å². The second-order valence-electron chi connectivity index (χ2n) is 1.58. The highest BCUT2D eigenvalue weighted by molar-refractivity contribution is 5.90. The highest BCUT2D eigenvalue weighted by Crippen LogP contribution is 1.83. The van der Waals surface area contributed by atoms with Crippen LogP contribution >= 0.6 is 0 Å². The third kappa shape index (κ3) is 5.04. The lowest BCUT2D eigenvalue weighted by Crippen LogP contribution is -2.18. The third-order valence-electron chi connectivity index (χ3n) is 0.673. The summed E-state index contributed by atoms with van der Waals surface area (Å²) in [6, 6.07) is 0. The van der Waals surface area contributed by atoms with Crippen molar-refractivity contribution in [3.05, 3.63) is 0 Å². The van der Waals surface area contributed by atoms with Gasteiger partial charge in [0.25, 0.3) is 0 Å². The molecule has 0 bridgehead atoms. The lowest BCUT2D eigenvalue weighted by molar-refractivity contribution is -0.151. The Balaban J connectivity index is 3.35. The first-order valence-electron chi connectivity index (χ1n) is 2.69. The van der Waals surface area contributed by atoms with Crippen molar-refractivity contribution in [3.8, 4) is 0 Å². The number of rotatable bonds is 4. The Kier molecular flexibility index (Phi) is 4.23. The molecule has 0 atom stereocenters. The molecule has 5 nitrogen and oxygen atoms in total. The van der Waals surface area contributed by atoms with E-state index in [0.717, 1.165) is 0 Å². The van der Waals surface area contributed by atoms with Crippen LogP contribution in [-0.4, -0.2) is 30.8 Å². The largest absolute Gasteiger partial charge is 0.481 e. The summed E-state index contributed by atoms with van der Waals surface area (Å²) in [6.45, 7) is 0.0477. The van der Waals surface area contributed by atoms with Crippen molar-refractivity contribution in [3.63, 3.8) is 0 Å². The Labute approximate surface area is 58.0 Å². The van der Waals surface area contributed by atoms with Gasteiger partial charge in [0.2, 0.25) is 0 Å². The first-order chi connectivity index (χ1) is 4.66. The van der Waals surface area contributed by atoms with E-state index in [1.54, 1.807) is 7.05 Å². The van der Waals surface area contributed by atoms with Crippen molar-refractivity contribution in [1.29, 1.82) is 0 Å². The Morgan fingerprint density at radius 1 is 1.60 bits per heavy atom. The van der Waals surface area contributed by atoms with Crippen LogP contribution in [0, 0.1) is 0 Å². The van der Waals surface area contributed by atoms with Crippen molar-refractivity contribution in [2.24, 2.45) is 0 Å². The minimum absolute atomic E-state index is 0.0477. The molecule has 0 saturated carbocycles. The fourth-order valence-electron chi connectivity index (χ4n) is 0.327.